The van der Waals surface area contributed by atoms with Gasteiger partial charge in [0.05, 0.1) is 5.56 Å². The van der Waals surface area contributed by atoms with Gasteiger partial charge in [-0.15, -0.1) is 11.8 Å². The Bertz CT molecular complexity index is 435. The minimum atomic E-state index is -0.878. The highest BCUT2D eigenvalue weighted by Crippen LogP contribution is 2.28. The third kappa shape index (κ3) is 4.44. The molecule has 0 amide bonds. The molecule has 0 radical (unpaired) electrons. The Kier molecular flexibility index (Phi) is 6.18. The second kappa shape index (κ2) is 7.40. The molecule has 0 bridgehead atoms. The molecule has 0 saturated carbocycles. The molecule has 106 valence electrons. The lowest BCUT2D eigenvalue weighted by atomic mass is 10.1. The van der Waals surface area contributed by atoms with Crippen molar-refractivity contribution < 1.29 is 9.90 Å². The number of benzene rings is 1. The van der Waals surface area contributed by atoms with Gasteiger partial charge in [-0.25, -0.2) is 4.79 Å². The predicted molar refractivity (Wildman–Crippen MR) is 81.4 cm³/mol. The Morgan fingerprint density at radius 2 is 2.16 bits per heavy atom. The minimum Gasteiger partial charge on any atom is -0.478 e. The molecular formula is C14H22N2O2S. The van der Waals surface area contributed by atoms with E-state index in [1.54, 1.807) is 11.8 Å². The molecule has 0 aromatic heterocycles. The Morgan fingerprint density at radius 3 is 2.68 bits per heavy atom. The van der Waals surface area contributed by atoms with Crippen molar-refractivity contribution in [1.29, 1.82) is 0 Å². The van der Waals surface area contributed by atoms with E-state index in [9.17, 15) is 9.90 Å². The first-order chi connectivity index (χ1) is 8.97. The van der Waals surface area contributed by atoms with Crippen LogP contribution in [0.5, 0.6) is 0 Å². The van der Waals surface area contributed by atoms with Crippen molar-refractivity contribution in [3.8, 4) is 0 Å². The molecule has 1 aromatic rings. The van der Waals surface area contributed by atoms with E-state index >= 15 is 0 Å². The van der Waals surface area contributed by atoms with E-state index in [4.69, 9.17) is 0 Å². The summed E-state index contributed by atoms with van der Waals surface area (Å²) < 4.78 is 0. The number of nitrogens with zero attached hydrogens (tertiary/aromatic N) is 1. The van der Waals surface area contributed by atoms with Gasteiger partial charge in [0.25, 0.3) is 0 Å². The maximum atomic E-state index is 11.4. The number of carboxylic acid groups (broad SMARTS) is 1. The predicted octanol–water partition coefficient (Wildman–Crippen LogP) is 2.86. The highest BCUT2D eigenvalue weighted by Gasteiger charge is 2.16. The fraction of sp³-hybridized carbons (Fsp3) is 0.500. The molecule has 1 rings (SSSR count). The van der Waals surface area contributed by atoms with E-state index in [2.05, 4.69) is 17.1 Å². The van der Waals surface area contributed by atoms with E-state index in [1.807, 2.05) is 39.2 Å². The molecule has 1 aromatic carbocycles. The number of anilines is 1. The van der Waals surface area contributed by atoms with Gasteiger partial charge >= 0.3 is 5.97 Å². The van der Waals surface area contributed by atoms with Gasteiger partial charge in [0.1, 0.15) is 0 Å². The standard InChI is InChI=1S/C14H22N2O2S/c1-5-19-12-8-6-7-11(13(12)14(17)18)15-9-10(2)16(3)4/h6-8,10,15H,5,9H2,1-4H3,(H,17,18). The first-order valence-corrected chi connectivity index (χ1v) is 7.35. The Hall–Kier alpha value is -1.20. The fourth-order valence-electron chi connectivity index (χ4n) is 1.62. The molecule has 1 atom stereocenters. The van der Waals surface area contributed by atoms with Crippen LogP contribution in [0.1, 0.15) is 24.2 Å². The third-order valence-corrected chi connectivity index (χ3v) is 3.95. The summed E-state index contributed by atoms with van der Waals surface area (Å²) in [5, 5.41) is 12.6. The molecule has 19 heavy (non-hydrogen) atoms. The van der Waals surface area contributed by atoms with Gasteiger partial charge < -0.3 is 15.3 Å². The lowest BCUT2D eigenvalue weighted by Gasteiger charge is -2.21. The van der Waals surface area contributed by atoms with E-state index in [1.165, 1.54) is 0 Å². The molecule has 0 aliphatic heterocycles. The second-order valence-corrected chi connectivity index (χ2v) is 5.92. The van der Waals surface area contributed by atoms with Crippen molar-refractivity contribution in [2.45, 2.75) is 24.8 Å². The summed E-state index contributed by atoms with van der Waals surface area (Å²) in [6.07, 6.45) is 0. The number of hydrogen-bond donors (Lipinski definition) is 2. The molecule has 2 N–H and O–H groups in total. The number of likely N-dealkylation sites (N-methyl/N-ethyl adjacent to an activating group) is 1. The van der Waals surface area contributed by atoms with E-state index in [-0.39, 0.29) is 0 Å². The van der Waals surface area contributed by atoms with Crippen LogP contribution in [0.15, 0.2) is 23.1 Å². The van der Waals surface area contributed by atoms with E-state index < -0.39 is 5.97 Å². The van der Waals surface area contributed by atoms with Crippen LogP contribution in [0, 0.1) is 0 Å². The Morgan fingerprint density at radius 1 is 1.47 bits per heavy atom. The average Bonchev–Trinajstić information content (AvgIpc) is 2.35. The number of hydrogen-bond acceptors (Lipinski definition) is 4. The van der Waals surface area contributed by atoms with Crippen molar-refractivity contribution in [3.63, 3.8) is 0 Å². The maximum absolute atomic E-state index is 11.4. The fourth-order valence-corrected chi connectivity index (χ4v) is 2.44. The molecule has 0 aliphatic carbocycles. The zero-order chi connectivity index (χ0) is 14.4. The second-order valence-electron chi connectivity index (χ2n) is 4.61. The molecule has 0 spiro atoms. The molecule has 0 fully saturated rings. The summed E-state index contributed by atoms with van der Waals surface area (Å²) in [5.74, 6) is -0.0192. The van der Waals surface area contributed by atoms with Crippen molar-refractivity contribution in [2.24, 2.45) is 0 Å². The number of rotatable bonds is 7. The van der Waals surface area contributed by atoms with Crippen LogP contribution >= 0.6 is 11.8 Å². The van der Waals surface area contributed by atoms with Crippen LogP contribution in [-0.4, -0.2) is 48.4 Å². The van der Waals surface area contributed by atoms with Crippen LogP contribution in [0.25, 0.3) is 0 Å². The summed E-state index contributed by atoms with van der Waals surface area (Å²) in [4.78, 5) is 14.3. The zero-order valence-corrected chi connectivity index (χ0v) is 12.8. The number of thioether (sulfide) groups is 1. The summed E-state index contributed by atoms with van der Waals surface area (Å²) in [6, 6.07) is 5.92. The average molecular weight is 282 g/mol. The first-order valence-electron chi connectivity index (χ1n) is 6.36. The zero-order valence-electron chi connectivity index (χ0n) is 11.9. The largest absolute Gasteiger partial charge is 0.478 e. The normalized spacial score (nSPS) is 12.5. The SMILES string of the molecule is CCSc1cccc(NCC(C)N(C)C)c1C(=O)O. The maximum Gasteiger partial charge on any atom is 0.338 e. The molecule has 5 heteroatoms. The van der Waals surface area contributed by atoms with Gasteiger partial charge in [0, 0.05) is 23.2 Å². The molecule has 0 saturated heterocycles. The summed E-state index contributed by atoms with van der Waals surface area (Å²) in [7, 11) is 4.02. The molecular weight excluding hydrogens is 260 g/mol. The van der Waals surface area contributed by atoms with Crippen molar-refractivity contribution >= 4 is 23.4 Å². The van der Waals surface area contributed by atoms with Gasteiger partial charge in [-0.2, -0.15) is 0 Å². The summed E-state index contributed by atoms with van der Waals surface area (Å²) >= 11 is 1.55. The monoisotopic (exact) mass is 282 g/mol. The van der Waals surface area contributed by atoms with Gasteiger partial charge in [-0.3, -0.25) is 0 Å². The van der Waals surface area contributed by atoms with Crippen LogP contribution in [0.4, 0.5) is 5.69 Å². The van der Waals surface area contributed by atoms with Crippen LogP contribution in [-0.2, 0) is 0 Å². The quantitative estimate of drug-likeness (QED) is 0.753. The highest BCUT2D eigenvalue weighted by molar-refractivity contribution is 7.99. The lowest BCUT2D eigenvalue weighted by molar-refractivity contribution is 0.0694. The Labute approximate surface area is 119 Å². The van der Waals surface area contributed by atoms with Gasteiger partial charge in [-0.05, 0) is 38.9 Å². The van der Waals surface area contributed by atoms with Crippen molar-refractivity contribution in [3.05, 3.63) is 23.8 Å². The molecule has 1 unspecified atom stereocenters. The van der Waals surface area contributed by atoms with Crippen LogP contribution < -0.4 is 5.32 Å². The van der Waals surface area contributed by atoms with Crippen LogP contribution in [0.2, 0.25) is 0 Å². The number of aromatic carboxylic acids is 1. The van der Waals surface area contributed by atoms with Gasteiger partial charge in [0.2, 0.25) is 0 Å². The smallest absolute Gasteiger partial charge is 0.338 e. The summed E-state index contributed by atoms with van der Waals surface area (Å²) in [5.41, 5.74) is 1.07. The van der Waals surface area contributed by atoms with Crippen molar-refractivity contribution in [1.82, 2.24) is 4.90 Å². The molecule has 4 nitrogen and oxygen atoms in total. The van der Waals surface area contributed by atoms with Crippen molar-refractivity contribution in [2.75, 3.05) is 31.7 Å². The van der Waals surface area contributed by atoms with E-state index in [0.29, 0.717) is 23.8 Å². The number of carboxylic acids is 1. The minimum absolute atomic E-state index is 0.337. The molecule has 0 aliphatic rings. The van der Waals surface area contributed by atoms with E-state index in [0.717, 1.165) is 10.6 Å². The molecule has 0 heterocycles. The lowest BCUT2D eigenvalue weighted by Crippen LogP contribution is -2.31. The Balaban J connectivity index is 2.93. The first kappa shape index (κ1) is 15.9. The number of carbonyl (C=O) groups is 1. The van der Waals surface area contributed by atoms with Gasteiger partial charge in [-0.1, -0.05) is 13.0 Å². The topological polar surface area (TPSA) is 52.6 Å². The highest BCUT2D eigenvalue weighted by atomic mass is 32.2. The summed E-state index contributed by atoms with van der Waals surface area (Å²) in [6.45, 7) is 4.83. The van der Waals surface area contributed by atoms with Gasteiger partial charge in [0.15, 0.2) is 0 Å². The number of nitrogens with one attached hydrogen (secondary N) is 1. The van der Waals surface area contributed by atoms with Crippen LogP contribution in [0.3, 0.4) is 0 Å². The third-order valence-electron chi connectivity index (χ3n) is 3.01.